The van der Waals surface area contributed by atoms with E-state index in [1.54, 1.807) is 6.20 Å². The average Bonchev–Trinajstić information content (AvgIpc) is 2.76. The quantitative estimate of drug-likeness (QED) is 0.710. The number of rotatable bonds is 1. The van der Waals surface area contributed by atoms with Crippen molar-refractivity contribution in [3.05, 3.63) is 41.4 Å². The first kappa shape index (κ1) is 9.60. The molecule has 0 amide bonds. The molecule has 0 radical (unpaired) electrons. The van der Waals surface area contributed by atoms with Gasteiger partial charge in [0.05, 0.1) is 6.61 Å². The molecule has 0 fully saturated rings. The Morgan fingerprint density at radius 3 is 3.12 bits per heavy atom. The molecule has 1 aliphatic heterocycles. The number of hydrogen-bond donors (Lipinski definition) is 0. The maximum atomic E-state index is 6.03. The Morgan fingerprint density at radius 2 is 2.25 bits per heavy atom. The molecule has 0 bridgehead atoms. The molecule has 0 spiro atoms. The Balaban J connectivity index is 2.11. The van der Waals surface area contributed by atoms with Crippen molar-refractivity contribution >= 4 is 11.6 Å². The van der Waals surface area contributed by atoms with Crippen LogP contribution < -0.4 is 4.74 Å². The Labute approximate surface area is 98.1 Å². The average molecular weight is 233 g/mol. The van der Waals surface area contributed by atoms with Gasteiger partial charge in [-0.15, -0.1) is 0 Å². The Bertz CT molecular complexity index is 542. The van der Waals surface area contributed by atoms with Crippen LogP contribution in [-0.2, 0) is 6.42 Å². The van der Waals surface area contributed by atoms with Gasteiger partial charge in [0.2, 0.25) is 0 Å². The van der Waals surface area contributed by atoms with Gasteiger partial charge in [0, 0.05) is 18.2 Å². The summed E-state index contributed by atoms with van der Waals surface area (Å²) in [6.07, 6.45) is 4.13. The molecule has 80 valence electrons. The number of halogens is 1. The minimum Gasteiger partial charge on any atom is -0.493 e. The first-order valence-electron chi connectivity index (χ1n) is 5.06. The molecule has 0 saturated carbocycles. The lowest BCUT2D eigenvalue weighted by atomic mass is 10.0. The summed E-state index contributed by atoms with van der Waals surface area (Å²) in [7, 11) is 0. The third-order valence-corrected chi connectivity index (χ3v) is 2.97. The van der Waals surface area contributed by atoms with Crippen LogP contribution in [-0.4, -0.2) is 16.6 Å². The van der Waals surface area contributed by atoms with Crippen LogP contribution in [0.15, 0.2) is 30.7 Å². The van der Waals surface area contributed by atoms with Gasteiger partial charge < -0.3 is 4.74 Å². The van der Waals surface area contributed by atoms with E-state index in [9.17, 15) is 0 Å². The second kappa shape index (κ2) is 3.76. The molecule has 2 aromatic rings. The van der Waals surface area contributed by atoms with Gasteiger partial charge >= 0.3 is 0 Å². The lowest BCUT2D eigenvalue weighted by Gasteiger charge is -2.04. The van der Waals surface area contributed by atoms with Gasteiger partial charge in [-0.3, -0.25) is 0 Å². The van der Waals surface area contributed by atoms with Crippen molar-refractivity contribution in [1.29, 1.82) is 0 Å². The molecular formula is C12H9ClN2O. The van der Waals surface area contributed by atoms with Gasteiger partial charge in [-0.05, 0) is 23.3 Å². The topological polar surface area (TPSA) is 35.0 Å². The number of ether oxygens (including phenoxy) is 1. The van der Waals surface area contributed by atoms with Crippen LogP contribution in [0.4, 0.5) is 0 Å². The van der Waals surface area contributed by atoms with Crippen LogP contribution in [0.3, 0.4) is 0 Å². The Hall–Kier alpha value is -1.61. The molecule has 16 heavy (non-hydrogen) atoms. The predicted octanol–water partition coefficient (Wildman–Crippen LogP) is 2.73. The van der Waals surface area contributed by atoms with E-state index in [1.807, 2.05) is 12.1 Å². The Kier molecular flexibility index (Phi) is 2.26. The standard InChI is InChI=1S/C12H9ClN2O/c13-12-10(6-14-7-15-12)8-1-2-11-9(5-8)3-4-16-11/h1-2,5-7H,3-4H2. The van der Waals surface area contributed by atoms with Crippen molar-refractivity contribution in [3.8, 4) is 16.9 Å². The fourth-order valence-corrected chi connectivity index (χ4v) is 2.06. The molecule has 4 heteroatoms. The third-order valence-electron chi connectivity index (χ3n) is 2.66. The molecule has 3 rings (SSSR count). The molecule has 3 nitrogen and oxygen atoms in total. The number of fused-ring (bicyclic) bond motifs is 1. The van der Waals surface area contributed by atoms with E-state index in [4.69, 9.17) is 16.3 Å². The number of aromatic nitrogens is 2. The van der Waals surface area contributed by atoms with Crippen LogP contribution in [0.1, 0.15) is 5.56 Å². The van der Waals surface area contributed by atoms with E-state index in [1.165, 1.54) is 11.9 Å². The molecule has 2 heterocycles. The van der Waals surface area contributed by atoms with Gasteiger partial charge in [-0.1, -0.05) is 17.7 Å². The van der Waals surface area contributed by atoms with E-state index in [0.29, 0.717) is 5.15 Å². The zero-order valence-electron chi connectivity index (χ0n) is 8.48. The summed E-state index contributed by atoms with van der Waals surface area (Å²) in [5.74, 6) is 0.969. The summed E-state index contributed by atoms with van der Waals surface area (Å²) in [5, 5.41) is 0.480. The largest absolute Gasteiger partial charge is 0.493 e. The number of benzene rings is 1. The highest BCUT2D eigenvalue weighted by Crippen LogP contribution is 2.32. The van der Waals surface area contributed by atoms with E-state index < -0.39 is 0 Å². The molecule has 0 N–H and O–H groups in total. The van der Waals surface area contributed by atoms with Gasteiger partial charge in [-0.2, -0.15) is 0 Å². The van der Waals surface area contributed by atoms with Crippen molar-refractivity contribution < 1.29 is 4.74 Å². The fraction of sp³-hybridized carbons (Fsp3) is 0.167. The van der Waals surface area contributed by atoms with Crippen LogP contribution in [0, 0.1) is 0 Å². The van der Waals surface area contributed by atoms with Crippen molar-refractivity contribution in [3.63, 3.8) is 0 Å². The zero-order chi connectivity index (χ0) is 11.0. The highest BCUT2D eigenvalue weighted by Gasteiger charge is 2.13. The SMILES string of the molecule is Clc1ncncc1-c1ccc2c(c1)CCO2. The molecule has 1 aromatic heterocycles. The van der Waals surface area contributed by atoms with Gasteiger partial charge in [0.1, 0.15) is 17.2 Å². The molecule has 0 atom stereocenters. The van der Waals surface area contributed by atoms with E-state index in [2.05, 4.69) is 16.0 Å². The van der Waals surface area contributed by atoms with Gasteiger partial charge in [0.25, 0.3) is 0 Å². The lowest BCUT2D eigenvalue weighted by molar-refractivity contribution is 0.357. The van der Waals surface area contributed by atoms with Crippen LogP contribution in [0.5, 0.6) is 5.75 Å². The summed E-state index contributed by atoms with van der Waals surface area (Å²) >= 11 is 6.03. The van der Waals surface area contributed by atoms with Crippen molar-refractivity contribution in [2.24, 2.45) is 0 Å². The van der Waals surface area contributed by atoms with Gasteiger partial charge in [-0.25, -0.2) is 9.97 Å². The maximum Gasteiger partial charge on any atom is 0.140 e. The highest BCUT2D eigenvalue weighted by molar-refractivity contribution is 6.32. The first-order chi connectivity index (χ1) is 7.84. The predicted molar refractivity (Wildman–Crippen MR) is 61.7 cm³/mol. The Morgan fingerprint density at radius 1 is 1.31 bits per heavy atom. The summed E-state index contributed by atoms with van der Waals surface area (Å²) in [5.41, 5.74) is 3.12. The molecule has 1 aromatic carbocycles. The van der Waals surface area contributed by atoms with Crippen LogP contribution in [0.25, 0.3) is 11.1 Å². The molecule has 0 unspecified atom stereocenters. The van der Waals surface area contributed by atoms with Crippen LogP contribution in [0.2, 0.25) is 5.15 Å². The fourth-order valence-electron chi connectivity index (χ4n) is 1.86. The minimum atomic E-state index is 0.480. The smallest absolute Gasteiger partial charge is 0.140 e. The van der Waals surface area contributed by atoms with Crippen molar-refractivity contribution in [1.82, 2.24) is 9.97 Å². The first-order valence-corrected chi connectivity index (χ1v) is 5.44. The second-order valence-corrected chi connectivity index (χ2v) is 4.01. The molecule has 0 aliphatic carbocycles. The summed E-state index contributed by atoms with van der Waals surface area (Å²) in [6.45, 7) is 0.762. The molecule has 1 aliphatic rings. The van der Waals surface area contributed by atoms with E-state index in [-0.39, 0.29) is 0 Å². The normalized spacial score (nSPS) is 13.3. The van der Waals surface area contributed by atoms with Crippen molar-refractivity contribution in [2.45, 2.75) is 6.42 Å². The van der Waals surface area contributed by atoms with Gasteiger partial charge in [0.15, 0.2) is 0 Å². The lowest BCUT2D eigenvalue weighted by Crippen LogP contribution is -1.86. The minimum absolute atomic E-state index is 0.480. The molecule has 0 saturated heterocycles. The van der Waals surface area contributed by atoms with Crippen molar-refractivity contribution in [2.75, 3.05) is 6.61 Å². The van der Waals surface area contributed by atoms with E-state index >= 15 is 0 Å². The molecular weight excluding hydrogens is 224 g/mol. The number of nitrogens with zero attached hydrogens (tertiary/aromatic N) is 2. The summed E-state index contributed by atoms with van der Waals surface area (Å²) < 4.78 is 5.46. The third kappa shape index (κ3) is 1.53. The summed E-state index contributed by atoms with van der Waals surface area (Å²) in [6, 6.07) is 6.04. The summed E-state index contributed by atoms with van der Waals surface area (Å²) in [4.78, 5) is 7.96. The zero-order valence-corrected chi connectivity index (χ0v) is 9.24. The number of hydrogen-bond acceptors (Lipinski definition) is 3. The monoisotopic (exact) mass is 232 g/mol. The van der Waals surface area contributed by atoms with E-state index in [0.717, 1.165) is 29.9 Å². The van der Waals surface area contributed by atoms with Crippen LogP contribution >= 0.6 is 11.6 Å². The second-order valence-electron chi connectivity index (χ2n) is 3.65. The maximum absolute atomic E-state index is 6.03. The highest BCUT2D eigenvalue weighted by atomic mass is 35.5.